The number of fused-ring (bicyclic) bond motifs is 3. The Morgan fingerprint density at radius 3 is 2.89 bits per heavy atom. The van der Waals surface area contributed by atoms with Crippen LogP contribution in [-0.2, 0) is 15.9 Å². The summed E-state index contributed by atoms with van der Waals surface area (Å²) in [6.07, 6.45) is 7.85. The quantitative estimate of drug-likeness (QED) is 0.226. The monoisotopic (exact) mass is 567 g/mol. The molecular weight excluding hydrogens is 542 g/mol. The van der Waals surface area contributed by atoms with Crippen LogP contribution in [0.3, 0.4) is 0 Å². The molecule has 1 saturated carbocycles. The maximum atomic E-state index is 6.53. The van der Waals surface area contributed by atoms with Crippen LogP contribution in [0.5, 0.6) is 0 Å². The Hall–Kier alpha value is -2.52. The smallest absolute Gasteiger partial charge is 0.163 e. The minimum Gasteiger partial charge on any atom is -0.383 e. The number of rotatable bonds is 5. The van der Waals surface area contributed by atoms with E-state index in [1.54, 1.807) is 0 Å². The Morgan fingerprint density at radius 1 is 1.25 bits per heavy atom. The van der Waals surface area contributed by atoms with Gasteiger partial charge in [0.15, 0.2) is 5.79 Å². The van der Waals surface area contributed by atoms with E-state index < -0.39 is 5.79 Å². The van der Waals surface area contributed by atoms with Crippen molar-refractivity contribution in [3.8, 4) is 0 Å². The molecule has 0 amide bonds. The molecule has 0 unspecified atom stereocenters. The van der Waals surface area contributed by atoms with Gasteiger partial charge in [-0.05, 0) is 72.8 Å². The molecule has 186 valence electrons. The summed E-state index contributed by atoms with van der Waals surface area (Å²) in [6.45, 7) is 8.22. The zero-order valence-electron chi connectivity index (χ0n) is 20.1. The molecule has 2 fully saturated rings. The first-order valence-corrected chi connectivity index (χ1v) is 13.2. The summed E-state index contributed by atoms with van der Waals surface area (Å²) < 4.78 is 16.0. The van der Waals surface area contributed by atoms with Crippen LogP contribution >= 0.6 is 27.5 Å². The van der Waals surface area contributed by atoms with Crippen molar-refractivity contribution in [2.75, 3.05) is 5.73 Å². The van der Waals surface area contributed by atoms with Crippen LogP contribution in [0.1, 0.15) is 38.3 Å². The first-order chi connectivity index (χ1) is 17.2. The molecular formula is C27H27BrClN5O2. The minimum absolute atomic E-state index is 0.0219. The molecule has 36 heavy (non-hydrogen) atoms. The van der Waals surface area contributed by atoms with Gasteiger partial charge < -0.3 is 19.8 Å². The highest BCUT2D eigenvalue weighted by atomic mass is 79.9. The fraction of sp³-hybridized carbons (Fsp3) is 0.370. The van der Waals surface area contributed by atoms with Crippen molar-refractivity contribution < 1.29 is 9.47 Å². The van der Waals surface area contributed by atoms with E-state index in [1.165, 1.54) is 11.9 Å². The van der Waals surface area contributed by atoms with Crippen LogP contribution in [0.15, 0.2) is 60.0 Å². The van der Waals surface area contributed by atoms with Gasteiger partial charge in [0, 0.05) is 17.0 Å². The zero-order chi connectivity index (χ0) is 25.2. The summed E-state index contributed by atoms with van der Waals surface area (Å²) in [4.78, 5) is 13.2. The number of halogens is 2. The summed E-state index contributed by atoms with van der Waals surface area (Å²) in [5.74, 6) is -0.194. The number of benzene rings is 1. The fourth-order valence-electron chi connectivity index (χ4n) is 5.88. The number of aryl methyl sites for hydroxylation is 1. The predicted octanol–water partition coefficient (Wildman–Crippen LogP) is 6.25. The molecule has 2 N–H and O–H groups in total. The largest absolute Gasteiger partial charge is 0.383 e. The van der Waals surface area contributed by atoms with E-state index in [4.69, 9.17) is 26.8 Å². The number of anilines is 1. The summed E-state index contributed by atoms with van der Waals surface area (Å²) >= 11 is 9.80. The van der Waals surface area contributed by atoms with Crippen LogP contribution in [0.25, 0.3) is 21.9 Å². The molecule has 4 atom stereocenters. The molecule has 1 aromatic carbocycles. The maximum Gasteiger partial charge on any atom is 0.163 e. The van der Waals surface area contributed by atoms with Crippen molar-refractivity contribution in [1.29, 1.82) is 0 Å². The summed E-state index contributed by atoms with van der Waals surface area (Å²) in [7, 11) is 0. The van der Waals surface area contributed by atoms with Crippen molar-refractivity contribution in [3.63, 3.8) is 0 Å². The van der Waals surface area contributed by atoms with Crippen LogP contribution in [-0.4, -0.2) is 37.5 Å². The molecule has 1 aliphatic heterocycles. The summed E-state index contributed by atoms with van der Waals surface area (Å²) in [5, 5.41) is 2.33. The van der Waals surface area contributed by atoms with E-state index in [1.807, 2.05) is 32.2 Å². The summed E-state index contributed by atoms with van der Waals surface area (Å²) in [5.41, 5.74) is 8.63. The normalized spacial score (nSPS) is 27.1. The van der Waals surface area contributed by atoms with Gasteiger partial charge in [-0.15, -0.1) is 6.58 Å². The Kier molecular flexibility index (Phi) is 5.64. The van der Waals surface area contributed by atoms with Crippen molar-refractivity contribution >= 4 is 55.3 Å². The second-order valence-corrected chi connectivity index (χ2v) is 11.4. The van der Waals surface area contributed by atoms with E-state index >= 15 is 0 Å². The Bertz CT molecular complexity index is 1500. The van der Waals surface area contributed by atoms with Gasteiger partial charge in [-0.1, -0.05) is 29.8 Å². The fourth-order valence-corrected chi connectivity index (χ4v) is 6.41. The van der Waals surface area contributed by atoms with Gasteiger partial charge in [0.1, 0.15) is 29.0 Å². The average molecular weight is 569 g/mol. The van der Waals surface area contributed by atoms with Gasteiger partial charge in [0.2, 0.25) is 0 Å². The Labute approximate surface area is 222 Å². The van der Waals surface area contributed by atoms with Crippen LogP contribution in [0, 0.1) is 5.41 Å². The lowest BCUT2D eigenvalue weighted by Crippen LogP contribution is -2.34. The first kappa shape index (κ1) is 23.9. The van der Waals surface area contributed by atoms with Gasteiger partial charge in [-0.3, -0.25) is 0 Å². The van der Waals surface area contributed by atoms with Gasteiger partial charge in [-0.2, -0.15) is 0 Å². The molecule has 0 bridgehead atoms. The van der Waals surface area contributed by atoms with E-state index in [0.717, 1.165) is 45.7 Å². The molecule has 6 rings (SSSR count). The third kappa shape index (κ3) is 3.82. The number of hydrogen-bond donors (Lipinski definition) is 1. The standard InChI is InChI=1S/C27H27BrClN5O2/c1-4-27(9-7-15-5-6-16-12-18(28)24(30)33-19(16)11-15)13-20(21-22(27)36-26(2,3)35-21)34-10-8-17-23(29)31-14-32-25(17)34/h4-6,8,10-12,14,20-22H,1,7,9,13H2,2-3H3,(H2,30,33)/t20-,21+,22+,27+/m1/s1. The highest BCUT2D eigenvalue weighted by molar-refractivity contribution is 9.10. The number of nitrogen functional groups attached to an aromatic ring is 1. The van der Waals surface area contributed by atoms with Gasteiger partial charge in [0.25, 0.3) is 0 Å². The van der Waals surface area contributed by atoms with Gasteiger partial charge in [0.05, 0.1) is 27.5 Å². The zero-order valence-corrected chi connectivity index (χ0v) is 22.5. The number of aromatic nitrogens is 4. The molecule has 0 spiro atoms. The van der Waals surface area contributed by atoms with Gasteiger partial charge >= 0.3 is 0 Å². The summed E-state index contributed by atoms with van der Waals surface area (Å²) in [6, 6.07) is 10.4. The van der Waals surface area contributed by atoms with Crippen LogP contribution in [0.2, 0.25) is 5.15 Å². The van der Waals surface area contributed by atoms with E-state index in [0.29, 0.717) is 11.0 Å². The molecule has 1 aliphatic carbocycles. The number of pyridine rings is 1. The molecule has 7 nitrogen and oxygen atoms in total. The van der Waals surface area contributed by atoms with Gasteiger partial charge in [-0.25, -0.2) is 15.0 Å². The maximum absolute atomic E-state index is 6.53. The number of ether oxygens (including phenoxy) is 2. The SMILES string of the molecule is C=C[C@]1(CCc2ccc3cc(Br)c(N)nc3c2)C[C@@H](n2ccc3c(Cl)ncnc32)[C@@H]2OC(C)(C)O[C@@H]21. The Balaban J connectivity index is 1.34. The predicted molar refractivity (Wildman–Crippen MR) is 145 cm³/mol. The lowest BCUT2D eigenvalue weighted by Gasteiger charge is -2.32. The third-order valence-corrected chi connectivity index (χ3v) is 8.57. The van der Waals surface area contributed by atoms with Crippen molar-refractivity contribution in [2.24, 2.45) is 5.41 Å². The molecule has 4 aromatic rings. The van der Waals surface area contributed by atoms with E-state index in [2.05, 4.69) is 66.3 Å². The molecule has 4 heterocycles. The minimum atomic E-state index is -0.685. The number of nitrogens with zero attached hydrogens (tertiary/aromatic N) is 4. The van der Waals surface area contributed by atoms with Crippen molar-refractivity contribution in [1.82, 2.24) is 19.5 Å². The lowest BCUT2D eigenvalue weighted by molar-refractivity contribution is -0.165. The van der Waals surface area contributed by atoms with Crippen LogP contribution in [0.4, 0.5) is 5.82 Å². The van der Waals surface area contributed by atoms with Crippen molar-refractivity contribution in [2.45, 2.75) is 57.1 Å². The molecule has 3 aromatic heterocycles. The molecule has 9 heteroatoms. The average Bonchev–Trinajstić information content (AvgIpc) is 3.49. The molecule has 0 radical (unpaired) electrons. The Morgan fingerprint density at radius 2 is 2.08 bits per heavy atom. The third-order valence-electron chi connectivity index (χ3n) is 7.63. The first-order valence-electron chi connectivity index (χ1n) is 12.0. The second kappa shape index (κ2) is 8.52. The van der Waals surface area contributed by atoms with E-state index in [9.17, 15) is 0 Å². The number of nitrogens with two attached hydrogens (primary N) is 1. The van der Waals surface area contributed by atoms with Crippen molar-refractivity contribution in [3.05, 3.63) is 70.7 Å². The lowest BCUT2D eigenvalue weighted by atomic mass is 9.78. The second-order valence-electron chi connectivity index (χ2n) is 10.2. The topological polar surface area (TPSA) is 88.1 Å². The highest BCUT2D eigenvalue weighted by Gasteiger charge is 2.60. The van der Waals surface area contributed by atoms with E-state index in [-0.39, 0.29) is 23.7 Å². The number of hydrogen-bond acceptors (Lipinski definition) is 6. The molecule has 1 saturated heterocycles. The highest BCUT2D eigenvalue weighted by Crippen LogP contribution is 2.56. The molecule has 2 aliphatic rings. The van der Waals surface area contributed by atoms with Crippen LogP contribution < -0.4 is 5.73 Å².